The van der Waals surface area contributed by atoms with Crippen molar-refractivity contribution >= 4 is 41.7 Å². The van der Waals surface area contributed by atoms with E-state index in [1.54, 1.807) is 12.1 Å². The minimum atomic E-state index is -1.19. The van der Waals surface area contributed by atoms with Gasteiger partial charge in [0.2, 0.25) is 0 Å². The number of benzene rings is 3. The molecule has 0 spiro atoms. The van der Waals surface area contributed by atoms with E-state index in [1.165, 1.54) is 17.3 Å². The standard InChI is InChI=1S/C22H16ClFNOSi/c1-27(17-10-3-2-4-11-17)21-18-12-5-6-13-19(18)25-22(23)20(21)26-16-9-7-8-15(24)14-16/h2-14H,1H3. The Morgan fingerprint density at radius 2 is 1.67 bits per heavy atom. The van der Waals surface area contributed by atoms with Gasteiger partial charge < -0.3 is 4.74 Å². The van der Waals surface area contributed by atoms with E-state index in [0.717, 1.165) is 16.1 Å². The maximum Gasteiger partial charge on any atom is 0.172 e. The fraction of sp³-hybridized carbons (Fsp3) is 0.0455. The van der Waals surface area contributed by atoms with Gasteiger partial charge in [-0.2, -0.15) is 0 Å². The summed E-state index contributed by atoms with van der Waals surface area (Å²) in [7, 11) is -1.19. The lowest BCUT2D eigenvalue weighted by molar-refractivity contribution is 0.479. The van der Waals surface area contributed by atoms with E-state index in [-0.39, 0.29) is 11.0 Å². The van der Waals surface area contributed by atoms with Gasteiger partial charge in [0.15, 0.2) is 10.9 Å². The Balaban J connectivity index is 1.93. The van der Waals surface area contributed by atoms with Crippen LogP contribution in [-0.4, -0.2) is 13.8 Å². The van der Waals surface area contributed by atoms with Crippen LogP contribution in [0.5, 0.6) is 11.5 Å². The maximum atomic E-state index is 13.6. The maximum absolute atomic E-state index is 13.6. The molecule has 1 radical (unpaired) electrons. The molecule has 0 bridgehead atoms. The fourth-order valence-corrected chi connectivity index (χ4v) is 5.52. The van der Waals surface area contributed by atoms with E-state index in [2.05, 4.69) is 23.7 Å². The molecule has 0 aliphatic rings. The fourth-order valence-electron chi connectivity index (χ4n) is 3.11. The largest absolute Gasteiger partial charge is 0.454 e. The molecule has 0 aliphatic heterocycles. The summed E-state index contributed by atoms with van der Waals surface area (Å²) in [5.74, 6) is 0.545. The summed E-state index contributed by atoms with van der Waals surface area (Å²) in [4.78, 5) is 4.49. The molecule has 0 saturated carbocycles. The monoisotopic (exact) mass is 392 g/mol. The van der Waals surface area contributed by atoms with E-state index in [9.17, 15) is 4.39 Å². The normalized spacial score (nSPS) is 11.1. The molecule has 0 amide bonds. The SMILES string of the molecule is C[Si](c1ccccc1)c1c(Oc2cccc(F)c2)c(Cl)nc2ccccc12. The first-order valence-electron chi connectivity index (χ1n) is 8.54. The quantitative estimate of drug-likeness (QED) is 0.358. The van der Waals surface area contributed by atoms with E-state index in [4.69, 9.17) is 16.3 Å². The third-order valence-corrected chi connectivity index (χ3v) is 7.11. The molecule has 0 fully saturated rings. The van der Waals surface area contributed by atoms with Crippen molar-refractivity contribution in [3.05, 3.63) is 89.8 Å². The Bertz CT molecular complexity index is 1100. The van der Waals surface area contributed by atoms with Crippen molar-refractivity contribution in [2.24, 2.45) is 0 Å². The average Bonchev–Trinajstić information content (AvgIpc) is 2.69. The van der Waals surface area contributed by atoms with Crippen molar-refractivity contribution in [1.29, 1.82) is 0 Å². The van der Waals surface area contributed by atoms with Gasteiger partial charge in [0.1, 0.15) is 20.4 Å². The molecular weight excluding hydrogens is 377 g/mol. The predicted molar refractivity (Wildman–Crippen MR) is 111 cm³/mol. The van der Waals surface area contributed by atoms with Crippen LogP contribution in [0.2, 0.25) is 11.7 Å². The van der Waals surface area contributed by atoms with Crippen LogP contribution in [0.25, 0.3) is 10.9 Å². The number of pyridine rings is 1. The van der Waals surface area contributed by atoms with Gasteiger partial charge in [-0.05, 0) is 23.4 Å². The second-order valence-electron chi connectivity index (χ2n) is 6.17. The molecule has 0 aliphatic carbocycles. The third kappa shape index (κ3) is 3.59. The van der Waals surface area contributed by atoms with Crippen molar-refractivity contribution in [2.75, 3.05) is 0 Å². The smallest absolute Gasteiger partial charge is 0.172 e. The van der Waals surface area contributed by atoms with Crippen molar-refractivity contribution < 1.29 is 9.13 Å². The number of halogens is 2. The van der Waals surface area contributed by atoms with Gasteiger partial charge in [0, 0.05) is 11.5 Å². The summed E-state index contributed by atoms with van der Waals surface area (Å²) < 4.78 is 19.7. The Morgan fingerprint density at radius 3 is 2.44 bits per heavy atom. The number of nitrogens with zero attached hydrogens (tertiary/aromatic N) is 1. The molecule has 5 heteroatoms. The Morgan fingerprint density at radius 1 is 0.926 bits per heavy atom. The van der Waals surface area contributed by atoms with Gasteiger partial charge in [-0.15, -0.1) is 0 Å². The van der Waals surface area contributed by atoms with Gasteiger partial charge in [0.25, 0.3) is 0 Å². The summed E-state index contributed by atoms with van der Waals surface area (Å²) in [6, 6.07) is 24.2. The molecular formula is C22H16ClFNOSi. The van der Waals surface area contributed by atoms with Crippen LogP contribution >= 0.6 is 11.6 Å². The first-order chi connectivity index (χ1) is 13.1. The summed E-state index contributed by atoms with van der Waals surface area (Å²) in [6.45, 7) is 2.20. The van der Waals surface area contributed by atoms with Gasteiger partial charge in [-0.25, -0.2) is 9.37 Å². The van der Waals surface area contributed by atoms with Crippen LogP contribution in [0.4, 0.5) is 4.39 Å². The summed E-state index contributed by atoms with van der Waals surface area (Å²) >= 11 is 6.52. The highest BCUT2D eigenvalue weighted by molar-refractivity contribution is 6.86. The average molecular weight is 393 g/mol. The molecule has 4 rings (SSSR count). The van der Waals surface area contributed by atoms with Gasteiger partial charge in [0.05, 0.1) is 5.52 Å². The minimum absolute atomic E-state index is 0.285. The second-order valence-corrected chi connectivity index (χ2v) is 8.86. The summed E-state index contributed by atoms with van der Waals surface area (Å²) in [6.07, 6.45) is 0. The number of fused-ring (bicyclic) bond motifs is 1. The molecule has 1 heterocycles. The highest BCUT2D eigenvalue weighted by Crippen LogP contribution is 2.30. The van der Waals surface area contributed by atoms with Crippen LogP contribution in [0.3, 0.4) is 0 Å². The van der Waals surface area contributed by atoms with Gasteiger partial charge in [-0.1, -0.05) is 77.9 Å². The number of hydrogen-bond donors (Lipinski definition) is 0. The van der Waals surface area contributed by atoms with Crippen molar-refractivity contribution in [1.82, 2.24) is 4.98 Å². The molecule has 0 saturated heterocycles. The molecule has 4 aromatic rings. The lowest BCUT2D eigenvalue weighted by Crippen LogP contribution is -2.40. The second kappa shape index (κ2) is 7.51. The zero-order chi connectivity index (χ0) is 18.8. The first-order valence-corrected chi connectivity index (χ1v) is 10.9. The molecule has 0 atom stereocenters. The van der Waals surface area contributed by atoms with Crippen molar-refractivity contribution in [3.8, 4) is 11.5 Å². The van der Waals surface area contributed by atoms with Crippen LogP contribution in [0.1, 0.15) is 0 Å². The number of aromatic nitrogens is 1. The highest BCUT2D eigenvalue weighted by atomic mass is 35.5. The first kappa shape index (κ1) is 17.7. The summed E-state index contributed by atoms with van der Waals surface area (Å²) in [5, 5.41) is 3.56. The van der Waals surface area contributed by atoms with E-state index in [0.29, 0.717) is 11.5 Å². The van der Waals surface area contributed by atoms with Crippen LogP contribution < -0.4 is 15.1 Å². The zero-order valence-electron chi connectivity index (χ0n) is 14.6. The lowest BCUT2D eigenvalue weighted by Gasteiger charge is -2.19. The van der Waals surface area contributed by atoms with Crippen molar-refractivity contribution in [2.45, 2.75) is 6.55 Å². The molecule has 133 valence electrons. The minimum Gasteiger partial charge on any atom is -0.454 e. The zero-order valence-corrected chi connectivity index (χ0v) is 16.4. The van der Waals surface area contributed by atoms with Gasteiger partial charge in [-0.3, -0.25) is 0 Å². The number of para-hydroxylation sites is 1. The molecule has 0 N–H and O–H groups in total. The highest BCUT2D eigenvalue weighted by Gasteiger charge is 2.23. The number of rotatable bonds is 4. The van der Waals surface area contributed by atoms with Crippen LogP contribution in [-0.2, 0) is 0 Å². The van der Waals surface area contributed by atoms with Crippen LogP contribution in [0.15, 0.2) is 78.9 Å². The van der Waals surface area contributed by atoms with E-state index < -0.39 is 8.80 Å². The Labute approximate surface area is 163 Å². The van der Waals surface area contributed by atoms with E-state index >= 15 is 0 Å². The van der Waals surface area contributed by atoms with Crippen LogP contribution in [0, 0.1) is 5.82 Å². The lowest BCUT2D eigenvalue weighted by atomic mass is 10.2. The van der Waals surface area contributed by atoms with Gasteiger partial charge >= 0.3 is 0 Å². The molecule has 3 aromatic carbocycles. The third-order valence-electron chi connectivity index (χ3n) is 4.40. The Hall–Kier alpha value is -2.69. The number of ether oxygens (including phenoxy) is 1. The molecule has 27 heavy (non-hydrogen) atoms. The van der Waals surface area contributed by atoms with Crippen molar-refractivity contribution in [3.63, 3.8) is 0 Å². The Kier molecular flexibility index (Phi) is 4.92. The number of hydrogen-bond acceptors (Lipinski definition) is 2. The summed E-state index contributed by atoms with van der Waals surface area (Å²) in [5.41, 5.74) is 0.823. The molecule has 0 unspecified atom stereocenters. The van der Waals surface area contributed by atoms with E-state index in [1.807, 2.05) is 42.5 Å². The predicted octanol–water partition coefficient (Wildman–Crippen LogP) is 5.06. The molecule has 1 aromatic heterocycles. The molecule has 2 nitrogen and oxygen atoms in total. The topological polar surface area (TPSA) is 22.1 Å².